The average molecular weight is 360 g/mol. The van der Waals surface area contributed by atoms with Crippen LogP contribution in [0.2, 0.25) is 0 Å². The number of methoxy groups -OCH3 is 1. The molecule has 7 heteroatoms. The smallest absolute Gasteiger partial charge is 0.170 e. The standard InChI is InChI=1S/C14H21BrN4O2/c1-9(20)7-16-13-14(19-12(15)8-17-13)18-10-3-5-11(21-2)6-4-10/h8,10-11H,3-7H2,1-2H3,(H,16,17)(H,18,19)/i2D3. The Kier molecular flexibility index (Phi) is 4.53. The Balaban J connectivity index is 1.94. The highest BCUT2D eigenvalue weighted by Crippen LogP contribution is 2.26. The zero-order valence-corrected chi connectivity index (χ0v) is 13.4. The summed E-state index contributed by atoms with van der Waals surface area (Å²) in [6.45, 7) is 1.68. The lowest BCUT2D eigenvalue weighted by molar-refractivity contribution is -0.115. The third-order valence-electron chi connectivity index (χ3n) is 3.43. The largest absolute Gasteiger partial charge is 0.381 e. The Morgan fingerprint density at radius 1 is 1.48 bits per heavy atom. The van der Waals surface area contributed by atoms with Crippen LogP contribution < -0.4 is 10.6 Å². The summed E-state index contributed by atoms with van der Waals surface area (Å²) in [6, 6.07) is 0.155. The van der Waals surface area contributed by atoms with Crippen LogP contribution in [0.15, 0.2) is 10.8 Å². The first kappa shape index (κ1) is 12.3. The van der Waals surface area contributed by atoms with E-state index < -0.39 is 7.04 Å². The van der Waals surface area contributed by atoms with Crippen molar-refractivity contribution in [2.24, 2.45) is 0 Å². The minimum Gasteiger partial charge on any atom is -0.381 e. The van der Waals surface area contributed by atoms with Crippen LogP contribution in [0.4, 0.5) is 11.6 Å². The monoisotopic (exact) mass is 359 g/mol. The van der Waals surface area contributed by atoms with E-state index in [2.05, 4.69) is 36.5 Å². The number of Topliss-reactive ketones (excluding diaryl/α,β-unsaturated/α-hetero) is 1. The van der Waals surface area contributed by atoms with Gasteiger partial charge in [-0.15, -0.1) is 0 Å². The first-order valence-electron chi connectivity index (χ1n) is 8.43. The molecular formula is C14H21BrN4O2. The molecule has 116 valence electrons. The highest BCUT2D eigenvalue weighted by atomic mass is 79.9. The molecule has 1 fully saturated rings. The fourth-order valence-electron chi connectivity index (χ4n) is 2.32. The van der Waals surface area contributed by atoms with Crippen LogP contribution in [0.1, 0.15) is 36.7 Å². The molecule has 0 amide bonds. The highest BCUT2D eigenvalue weighted by Gasteiger charge is 2.22. The van der Waals surface area contributed by atoms with E-state index in [4.69, 9.17) is 8.85 Å². The van der Waals surface area contributed by atoms with Gasteiger partial charge in [0.15, 0.2) is 11.6 Å². The predicted octanol–water partition coefficient (Wildman–Crippen LogP) is 2.61. The maximum Gasteiger partial charge on any atom is 0.170 e. The summed E-state index contributed by atoms with van der Waals surface area (Å²) in [6.07, 6.45) is 4.23. The third kappa shape index (κ3) is 4.93. The van der Waals surface area contributed by atoms with E-state index in [9.17, 15) is 4.79 Å². The number of aromatic nitrogens is 2. The Morgan fingerprint density at radius 3 is 2.90 bits per heavy atom. The van der Waals surface area contributed by atoms with Gasteiger partial charge in [-0.25, -0.2) is 9.97 Å². The lowest BCUT2D eigenvalue weighted by atomic mass is 9.93. The number of ketones is 1. The Hall–Kier alpha value is -1.21. The van der Waals surface area contributed by atoms with E-state index in [1.807, 2.05) is 0 Å². The molecule has 2 N–H and O–H groups in total. The fraction of sp³-hybridized carbons (Fsp3) is 0.643. The molecule has 6 nitrogen and oxygen atoms in total. The molecule has 0 aliphatic heterocycles. The van der Waals surface area contributed by atoms with Crippen molar-refractivity contribution in [1.29, 1.82) is 0 Å². The van der Waals surface area contributed by atoms with Crippen LogP contribution in [-0.2, 0) is 9.53 Å². The maximum absolute atomic E-state index is 11.1. The second-order valence-corrected chi connectivity index (χ2v) is 5.99. The van der Waals surface area contributed by atoms with E-state index in [1.54, 1.807) is 6.20 Å². The molecule has 21 heavy (non-hydrogen) atoms. The van der Waals surface area contributed by atoms with Gasteiger partial charge in [-0.3, -0.25) is 4.79 Å². The van der Waals surface area contributed by atoms with Crippen LogP contribution >= 0.6 is 15.9 Å². The quantitative estimate of drug-likeness (QED) is 0.812. The third-order valence-corrected chi connectivity index (χ3v) is 3.81. The zero-order valence-electron chi connectivity index (χ0n) is 14.9. The Bertz CT molecular complexity index is 578. The van der Waals surface area contributed by atoms with Gasteiger partial charge >= 0.3 is 0 Å². The second kappa shape index (κ2) is 7.70. The molecule has 1 aliphatic carbocycles. The molecular weight excluding hydrogens is 336 g/mol. The van der Waals surface area contributed by atoms with Gasteiger partial charge < -0.3 is 15.4 Å². The number of anilines is 2. The normalized spacial score (nSPS) is 24.6. The summed E-state index contributed by atoms with van der Waals surface area (Å²) < 4.78 is 27.2. The topological polar surface area (TPSA) is 76.1 Å². The minimum atomic E-state index is -2.34. The summed E-state index contributed by atoms with van der Waals surface area (Å²) >= 11 is 3.29. The summed E-state index contributed by atoms with van der Waals surface area (Å²) in [4.78, 5) is 19.8. The molecule has 0 unspecified atom stereocenters. The van der Waals surface area contributed by atoms with Crippen LogP contribution in [-0.4, -0.2) is 41.5 Å². The van der Waals surface area contributed by atoms with Gasteiger partial charge in [-0.05, 0) is 48.5 Å². The van der Waals surface area contributed by atoms with Crippen molar-refractivity contribution in [3.63, 3.8) is 0 Å². The lowest BCUT2D eigenvalue weighted by Crippen LogP contribution is -2.30. The van der Waals surface area contributed by atoms with Gasteiger partial charge in [0.2, 0.25) is 0 Å². The van der Waals surface area contributed by atoms with Gasteiger partial charge in [-0.1, -0.05) is 0 Å². The van der Waals surface area contributed by atoms with E-state index in [0.717, 1.165) is 12.8 Å². The number of hydrogen-bond donors (Lipinski definition) is 2. The van der Waals surface area contributed by atoms with E-state index in [-0.39, 0.29) is 24.5 Å². The molecule has 1 aromatic rings. The Labute approximate surface area is 137 Å². The summed E-state index contributed by atoms with van der Waals surface area (Å²) in [7, 11) is -2.34. The fourth-order valence-corrected chi connectivity index (χ4v) is 2.60. The van der Waals surface area contributed by atoms with Crippen LogP contribution in [0, 0.1) is 0 Å². The summed E-state index contributed by atoms with van der Waals surface area (Å²) in [5.41, 5.74) is 0. The highest BCUT2D eigenvalue weighted by molar-refractivity contribution is 9.10. The van der Waals surface area contributed by atoms with Crippen molar-refractivity contribution >= 4 is 33.3 Å². The van der Waals surface area contributed by atoms with Crippen molar-refractivity contribution < 1.29 is 13.6 Å². The number of halogens is 1. The van der Waals surface area contributed by atoms with Crippen LogP contribution in [0.25, 0.3) is 0 Å². The van der Waals surface area contributed by atoms with Crippen LogP contribution in [0.5, 0.6) is 0 Å². The van der Waals surface area contributed by atoms with Gasteiger partial charge in [0, 0.05) is 13.1 Å². The van der Waals surface area contributed by atoms with Gasteiger partial charge in [0.25, 0.3) is 0 Å². The molecule has 2 rings (SSSR count). The summed E-state index contributed by atoms with van der Waals surface area (Å²) in [5.74, 6) is 1.10. The van der Waals surface area contributed by atoms with Gasteiger partial charge in [-0.2, -0.15) is 0 Å². The average Bonchev–Trinajstić information content (AvgIpc) is 2.47. The van der Waals surface area contributed by atoms with Crippen molar-refractivity contribution in [2.45, 2.75) is 44.8 Å². The molecule has 1 saturated carbocycles. The minimum absolute atomic E-state index is 0.00740. The first-order valence-corrected chi connectivity index (χ1v) is 7.72. The number of rotatable bonds is 6. The predicted molar refractivity (Wildman–Crippen MR) is 85.6 cm³/mol. The number of carbonyl (C=O) groups is 1. The molecule has 0 bridgehead atoms. The molecule has 0 aromatic carbocycles. The SMILES string of the molecule is [2H]C([2H])([2H])OC1CCC(Nc2nc(Br)cnc2NCC(C)=O)CC1. The maximum atomic E-state index is 11.1. The number of carbonyl (C=O) groups excluding carboxylic acids is 1. The van der Waals surface area contributed by atoms with E-state index >= 15 is 0 Å². The van der Waals surface area contributed by atoms with Gasteiger partial charge in [0.1, 0.15) is 10.4 Å². The van der Waals surface area contributed by atoms with Crippen molar-refractivity contribution in [2.75, 3.05) is 24.2 Å². The number of hydrogen-bond acceptors (Lipinski definition) is 6. The molecule has 1 aromatic heterocycles. The molecule has 0 saturated heterocycles. The number of nitrogens with zero attached hydrogens (tertiary/aromatic N) is 2. The van der Waals surface area contributed by atoms with Crippen molar-refractivity contribution in [3.05, 3.63) is 10.8 Å². The molecule has 1 heterocycles. The van der Waals surface area contributed by atoms with Gasteiger partial charge in [0.05, 0.1) is 23.0 Å². The second-order valence-electron chi connectivity index (χ2n) is 5.18. The summed E-state index contributed by atoms with van der Waals surface area (Å²) in [5, 5.41) is 6.29. The zero-order chi connectivity index (χ0) is 17.7. The van der Waals surface area contributed by atoms with Crippen molar-refractivity contribution in [1.82, 2.24) is 9.97 Å². The Morgan fingerprint density at radius 2 is 2.24 bits per heavy atom. The van der Waals surface area contributed by atoms with Crippen LogP contribution in [0.3, 0.4) is 0 Å². The first-order chi connectivity index (χ1) is 11.2. The number of nitrogens with one attached hydrogen (secondary N) is 2. The molecule has 0 spiro atoms. The van der Waals surface area contributed by atoms with Crippen molar-refractivity contribution in [3.8, 4) is 0 Å². The molecule has 1 aliphatic rings. The molecule has 0 radical (unpaired) electrons. The van der Waals surface area contributed by atoms with E-state index in [0.29, 0.717) is 29.1 Å². The van der Waals surface area contributed by atoms with E-state index in [1.165, 1.54) is 6.92 Å². The molecule has 0 atom stereocenters. The number of ether oxygens (including phenoxy) is 1. The lowest BCUT2D eigenvalue weighted by Gasteiger charge is -2.29.